The van der Waals surface area contributed by atoms with Crippen molar-refractivity contribution in [1.82, 2.24) is 9.78 Å². The fraction of sp³-hybridized carbons (Fsp3) is 0.333. The summed E-state index contributed by atoms with van der Waals surface area (Å²) in [6.45, 7) is 0. The zero-order chi connectivity index (χ0) is 18.4. The molecule has 5 rings (SSSR count). The van der Waals surface area contributed by atoms with Gasteiger partial charge in [-0.15, -0.1) is 0 Å². The van der Waals surface area contributed by atoms with Crippen LogP contribution in [0.1, 0.15) is 60.3 Å². The third kappa shape index (κ3) is 3.01. The minimum atomic E-state index is -0.350. The average molecular weight is 363 g/mol. The van der Waals surface area contributed by atoms with Gasteiger partial charge in [-0.25, -0.2) is 0 Å². The molecular formula is C21H21N3O3. The van der Waals surface area contributed by atoms with E-state index in [2.05, 4.69) is 16.1 Å². The van der Waals surface area contributed by atoms with E-state index < -0.39 is 0 Å². The Labute approximate surface area is 156 Å². The SMILES string of the molecule is O=C(Nc1ccc(-c2cc(C3CCC3)n(C3CC3)n2)c(O)c1)c1ccco1. The van der Waals surface area contributed by atoms with Gasteiger partial charge in [0.25, 0.3) is 5.91 Å². The van der Waals surface area contributed by atoms with Gasteiger partial charge in [0.05, 0.1) is 18.0 Å². The van der Waals surface area contributed by atoms with E-state index in [0.717, 1.165) is 5.69 Å². The predicted octanol–water partition coefficient (Wildman–Crippen LogP) is 4.70. The Morgan fingerprint density at radius 2 is 2.04 bits per heavy atom. The van der Waals surface area contributed by atoms with E-state index in [4.69, 9.17) is 9.52 Å². The number of hydrogen-bond donors (Lipinski definition) is 2. The summed E-state index contributed by atoms with van der Waals surface area (Å²) >= 11 is 0. The number of benzene rings is 1. The monoisotopic (exact) mass is 363 g/mol. The fourth-order valence-corrected chi connectivity index (χ4v) is 3.59. The summed E-state index contributed by atoms with van der Waals surface area (Å²) in [5.74, 6) is 0.581. The maximum atomic E-state index is 12.1. The maximum absolute atomic E-state index is 12.1. The van der Waals surface area contributed by atoms with Crippen LogP contribution < -0.4 is 5.32 Å². The third-order valence-corrected chi connectivity index (χ3v) is 5.46. The van der Waals surface area contributed by atoms with Crippen LogP contribution in [0, 0.1) is 0 Å². The van der Waals surface area contributed by atoms with Crippen molar-refractivity contribution < 1.29 is 14.3 Å². The summed E-state index contributed by atoms with van der Waals surface area (Å²) in [5.41, 5.74) is 3.29. The minimum absolute atomic E-state index is 0.104. The summed E-state index contributed by atoms with van der Waals surface area (Å²) in [7, 11) is 0. The van der Waals surface area contributed by atoms with E-state index in [-0.39, 0.29) is 17.4 Å². The van der Waals surface area contributed by atoms with E-state index in [1.165, 1.54) is 44.1 Å². The van der Waals surface area contributed by atoms with E-state index in [0.29, 0.717) is 23.2 Å². The van der Waals surface area contributed by atoms with Crippen molar-refractivity contribution in [2.24, 2.45) is 0 Å². The molecule has 27 heavy (non-hydrogen) atoms. The predicted molar refractivity (Wildman–Crippen MR) is 101 cm³/mol. The number of rotatable bonds is 5. The molecular weight excluding hydrogens is 342 g/mol. The molecule has 0 saturated heterocycles. The number of carbonyl (C=O) groups excluding carboxylic acids is 1. The second-order valence-corrected chi connectivity index (χ2v) is 7.42. The first-order valence-corrected chi connectivity index (χ1v) is 9.47. The lowest BCUT2D eigenvalue weighted by atomic mass is 9.82. The molecule has 2 saturated carbocycles. The van der Waals surface area contributed by atoms with Crippen molar-refractivity contribution >= 4 is 11.6 Å². The molecule has 2 N–H and O–H groups in total. The van der Waals surface area contributed by atoms with Gasteiger partial charge in [0.1, 0.15) is 5.75 Å². The largest absolute Gasteiger partial charge is 0.507 e. The van der Waals surface area contributed by atoms with Crippen molar-refractivity contribution in [2.45, 2.75) is 44.1 Å². The van der Waals surface area contributed by atoms with Gasteiger partial charge in [-0.2, -0.15) is 5.10 Å². The summed E-state index contributed by atoms with van der Waals surface area (Å²) in [5, 5.41) is 18.0. The second-order valence-electron chi connectivity index (χ2n) is 7.42. The number of aromatic hydroxyl groups is 1. The number of carbonyl (C=O) groups is 1. The van der Waals surface area contributed by atoms with Gasteiger partial charge in [-0.1, -0.05) is 6.42 Å². The van der Waals surface area contributed by atoms with Gasteiger partial charge in [0.15, 0.2) is 5.76 Å². The Hall–Kier alpha value is -3.02. The molecule has 0 bridgehead atoms. The molecule has 1 aromatic carbocycles. The van der Waals surface area contributed by atoms with Crippen molar-refractivity contribution in [2.75, 3.05) is 5.32 Å². The first-order valence-electron chi connectivity index (χ1n) is 9.47. The highest BCUT2D eigenvalue weighted by Crippen LogP contribution is 2.44. The quantitative estimate of drug-likeness (QED) is 0.688. The zero-order valence-corrected chi connectivity index (χ0v) is 14.9. The normalized spacial score (nSPS) is 16.9. The Morgan fingerprint density at radius 1 is 1.19 bits per heavy atom. The first-order chi connectivity index (χ1) is 13.2. The van der Waals surface area contributed by atoms with Gasteiger partial charge in [0.2, 0.25) is 0 Å². The van der Waals surface area contributed by atoms with Crippen LogP contribution >= 0.6 is 0 Å². The van der Waals surface area contributed by atoms with Gasteiger partial charge >= 0.3 is 0 Å². The Morgan fingerprint density at radius 3 is 2.67 bits per heavy atom. The Kier molecular flexibility index (Phi) is 3.77. The molecule has 2 heterocycles. The molecule has 2 aliphatic rings. The summed E-state index contributed by atoms with van der Waals surface area (Å²) in [6, 6.07) is 11.0. The molecule has 2 aromatic heterocycles. The fourth-order valence-electron chi connectivity index (χ4n) is 3.59. The molecule has 2 fully saturated rings. The summed E-state index contributed by atoms with van der Waals surface area (Å²) in [4.78, 5) is 12.1. The highest BCUT2D eigenvalue weighted by molar-refractivity contribution is 6.02. The molecule has 1 amide bonds. The lowest BCUT2D eigenvalue weighted by molar-refractivity contribution is 0.0996. The summed E-state index contributed by atoms with van der Waals surface area (Å²) in [6.07, 6.45) is 7.55. The molecule has 6 heteroatoms. The van der Waals surface area contributed by atoms with Crippen LogP contribution in [0.4, 0.5) is 5.69 Å². The van der Waals surface area contributed by atoms with Crippen LogP contribution in [0.15, 0.2) is 47.1 Å². The molecule has 6 nitrogen and oxygen atoms in total. The molecule has 138 valence electrons. The maximum Gasteiger partial charge on any atom is 0.291 e. The van der Waals surface area contributed by atoms with E-state index in [1.54, 1.807) is 30.3 Å². The Balaban J connectivity index is 1.41. The van der Waals surface area contributed by atoms with E-state index in [1.807, 2.05) is 0 Å². The van der Waals surface area contributed by atoms with Crippen LogP contribution in [-0.4, -0.2) is 20.8 Å². The van der Waals surface area contributed by atoms with E-state index in [9.17, 15) is 9.90 Å². The van der Waals surface area contributed by atoms with Gasteiger partial charge in [0, 0.05) is 28.9 Å². The molecule has 0 aliphatic heterocycles. The van der Waals surface area contributed by atoms with Crippen molar-refractivity contribution in [3.05, 3.63) is 54.1 Å². The number of nitrogens with zero attached hydrogens (tertiary/aromatic N) is 2. The molecule has 3 aromatic rings. The number of furan rings is 1. The van der Waals surface area contributed by atoms with E-state index >= 15 is 0 Å². The van der Waals surface area contributed by atoms with Crippen LogP contribution in [0.25, 0.3) is 11.3 Å². The van der Waals surface area contributed by atoms with Crippen LogP contribution in [-0.2, 0) is 0 Å². The van der Waals surface area contributed by atoms with Crippen molar-refractivity contribution in [3.8, 4) is 17.0 Å². The lowest BCUT2D eigenvalue weighted by Gasteiger charge is -2.26. The smallest absolute Gasteiger partial charge is 0.291 e. The number of anilines is 1. The van der Waals surface area contributed by atoms with Gasteiger partial charge in [-0.05, 0) is 56.0 Å². The molecule has 0 atom stereocenters. The highest BCUT2D eigenvalue weighted by Gasteiger charge is 2.32. The van der Waals surface area contributed by atoms with Crippen LogP contribution in [0.2, 0.25) is 0 Å². The topological polar surface area (TPSA) is 80.3 Å². The van der Waals surface area contributed by atoms with Crippen molar-refractivity contribution in [3.63, 3.8) is 0 Å². The number of phenolic OH excluding ortho intramolecular Hbond substituents is 1. The minimum Gasteiger partial charge on any atom is -0.507 e. The molecule has 0 unspecified atom stereocenters. The van der Waals surface area contributed by atoms with Crippen LogP contribution in [0.3, 0.4) is 0 Å². The molecule has 0 spiro atoms. The second kappa shape index (κ2) is 6.30. The lowest BCUT2D eigenvalue weighted by Crippen LogP contribution is -2.14. The van der Waals surface area contributed by atoms with Crippen LogP contribution in [0.5, 0.6) is 5.75 Å². The number of aromatic nitrogens is 2. The summed E-state index contributed by atoms with van der Waals surface area (Å²) < 4.78 is 7.26. The van der Waals surface area contributed by atoms with Gasteiger partial charge in [-0.3, -0.25) is 9.48 Å². The number of hydrogen-bond acceptors (Lipinski definition) is 4. The molecule has 2 aliphatic carbocycles. The van der Waals surface area contributed by atoms with Gasteiger partial charge < -0.3 is 14.8 Å². The third-order valence-electron chi connectivity index (χ3n) is 5.46. The standard InChI is InChI=1S/C21H21N3O3/c25-19-11-14(22-21(26)20-5-2-10-27-20)6-9-16(19)17-12-18(13-3-1-4-13)24(23-17)15-7-8-15/h2,5-6,9-13,15,25H,1,3-4,7-8H2,(H,22,26). The number of nitrogens with one attached hydrogen (secondary N) is 1. The Bertz CT molecular complexity index is 982. The molecule has 0 radical (unpaired) electrons. The average Bonchev–Trinajstić information content (AvgIpc) is 3.13. The number of phenols is 1. The first kappa shape index (κ1) is 16.2. The highest BCUT2D eigenvalue weighted by atomic mass is 16.3. The zero-order valence-electron chi connectivity index (χ0n) is 14.9. The van der Waals surface area contributed by atoms with Crippen molar-refractivity contribution in [1.29, 1.82) is 0 Å². The number of amides is 1.